The SMILES string of the molecule is COc1ccc(N2CCN(CCC(=O)NN)CC2)cc1. The first-order chi connectivity index (χ1) is 9.72. The van der Waals surface area contributed by atoms with Gasteiger partial charge in [0.1, 0.15) is 5.75 Å². The Kier molecular flexibility index (Phi) is 5.20. The number of rotatable bonds is 5. The van der Waals surface area contributed by atoms with Gasteiger partial charge in [-0.05, 0) is 24.3 Å². The maximum Gasteiger partial charge on any atom is 0.235 e. The number of methoxy groups -OCH3 is 1. The van der Waals surface area contributed by atoms with Crippen LogP contribution in [0, 0.1) is 0 Å². The number of hydrazine groups is 1. The number of anilines is 1. The number of nitrogens with two attached hydrogens (primary N) is 1. The molecule has 0 aromatic heterocycles. The zero-order chi connectivity index (χ0) is 14.4. The van der Waals surface area contributed by atoms with Crippen LogP contribution < -0.4 is 20.9 Å². The van der Waals surface area contributed by atoms with E-state index in [0.29, 0.717) is 6.42 Å². The number of nitrogens with one attached hydrogen (secondary N) is 1. The Hall–Kier alpha value is -1.79. The Morgan fingerprint density at radius 2 is 1.90 bits per heavy atom. The molecule has 0 radical (unpaired) electrons. The zero-order valence-electron chi connectivity index (χ0n) is 11.8. The van der Waals surface area contributed by atoms with Crippen LogP contribution >= 0.6 is 0 Å². The largest absolute Gasteiger partial charge is 0.497 e. The lowest BCUT2D eigenvalue weighted by molar-refractivity contribution is -0.121. The van der Waals surface area contributed by atoms with Gasteiger partial charge in [0.25, 0.3) is 0 Å². The van der Waals surface area contributed by atoms with Gasteiger partial charge in [-0.25, -0.2) is 5.84 Å². The van der Waals surface area contributed by atoms with Crippen molar-refractivity contribution in [1.29, 1.82) is 0 Å². The van der Waals surface area contributed by atoms with Gasteiger partial charge in [-0.3, -0.25) is 15.1 Å². The quantitative estimate of drug-likeness (QED) is 0.457. The van der Waals surface area contributed by atoms with Crippen molar-refractivity contribution >= 4 is 11.6 Å². The molecule has 1 aliphatic heterocycles. The highest BCUT2D eigenvalue weighted by Gasteiger charge is 2.17. The van der Waals surface area contributed by atoms with Gasteiger partial charge < -0.3 is 9.64 Å². The number of benzene rings is 1. The molecular formula is C14H22N4O2. The van der Waals surface area contributed by atoms with Gasteiger partial charge in [-0.1, -0.05) is 0 Å². The van der Waals surface area contributed by atoms with Crippen molar-refractivity contribution in [2.45, 2.75) is 6.42 Å². The number of amides is 1. The van der Waals surface area contributed by atoms with E-state index < -0.39 is 0 Å². The highest BCUT2D eigenvalue weighted by Crippen LogP contribution is 2.20. The zero-order valence-corrected chi connectivity index (χ0v) is 11.8. The van der Waals surface area contributed by atoms with Crippen molar-refractivity contribution in [2.24, 2.45) is 5.84 Å². The standard InChI is InChI=1S/C14H22N4O2/c1-20-13-4-2-12(3-5-13)18-10-8-17(9-11-18)7-6-14(19)16-15/h2-5H,6-11,15H2,1H3,(H,16,19). The molecule has 6 heteroatoms. The number of hydrogen-bond acceptors (Lipinski definition) is 5. The fourth-order valence-electron chi connectivity index (χ4n) is 2.35. The number of carbonyl (C=O) groups is 1. The van der Waals surface area contributed by atoms with Crippen molar-refractivity contribution in [3.8, 4) is 5.75 Å². The minimum absolute atomic E-state index is 0.109. The van der Waals surface area contributed by atoms with Crippen LogP contribution in [-0.4, -0.2) is 50.6 Å². The van der Waals surface area contributed by atoms with Gasteiger partial charge in [0.05, 0.1) is 7.11 Å². The minimum atomic E-state index is -0.109. The monoisotopic (exact) mass is 278 g/mol. The van der Waals surface area contributed by atoms with Crippen molar-refractivity contribution < 1.29 is 9.53 Å². The number of piperazine rings is 1. The smallest absolute Gasteiger partial charge is 0.235 e. The predicted molar refractivity (Wildman–Crippen MR) is 78.6 cm³/mol. The third-order valence-corrected chi connectivity index (χ3v) is 3.63. The normalized spacial score (nSPS) is 16.0. The lowest BCUT2D eigenvalue weighted by Crippen LogP contribution is -2.47. The second-order valence-corrected chi connectivity index (χ2v) is 4.84. The molecule has 1 amide bonds. The molecule has 0 atom stereocenters. The number of carbonyl (C=O) groups excluding carboxylic acids is 1. The van der Waals surface area contributed by atoms with E-state index in [2.05, 4.69) is 27.4 Å². The second-order valence-electron chi connectivity index (χ2n) is 4.84. The fraction of sp³-hybridized carbons (Fsp3) is 0.500. The average molecular weight is 278 g/mol. The van der Waals surface area contributed by atoms with E-state index in [0.717, 1.165) is 38.5 Å². The number of nitrogens with zero attached hydrogens (tertiary/aromatic N) is 2. The lowest BCUT2D eigenvalue weighted by atomic mass is 10.2. The molecule has 20 heavy (non-hydrogen) atoms. The van der Waals surface area contributed by atoms with Crippen molar-refractivity contribution in [3.05, 3.63) is 24.3 Å². The van der Waals surface area contributed by atoms with E-state index in [1.165, 1.54) is 5.69 Å². The third-order valence-electron chi connectivity index (χ3n) is 3.63. The van der Waals surface area contributed by atoms with Crippen LogP contribution in [-0.2, 0) is 4.79 Å². The Labute approximate surface area is 119 Å². The molecule has 3 N–H and O–H groups in total. The highest BCUT2D eigenvalue weighted by atomic mass is 16.5. The molecule has 1 saturated heterocycles. The molecule has 0 aliphatic carbocycles. The molecule has 1 fully saturated rings. The Morgan fingerprint density at radius 1 is 1.25 bits per heavy atom. The van der Waals surface area contributed by atoms with Crippen molar-refractivity contribution in [2.75, 3.05) is 44.7 Å². The average Bonchev–Trinajstić information content (AvgIpc) is 2.53. The molecule has 0 bridgehead atoms. The van der Waals surface area contributed by atoms with Crippen LogP contribution in [0.2, 0.25) is 0 Å². The van der Waals surface area contributed by atoms with Gasteiger partial charge in [0.15, 0.2) is 0 Å². The number of ether oxygens (including phenoxy) is 1. The summed E-state index contributed by atoms with van der Waals surface area (Å²) in [6.07, 6.45) is 0.457. The molecule has 1 aromatic rings. The van der Waals surface area contributed by atoms with Gasteiger partial charge >= 0.3 is 0 Å². The molecule has 110 valence electrons. The topological polar surface area (TPSA) is 70.8 Å². The molecule has 6 nitrogen and oxygen atoms in total. The van der Waals surface area contributed by atoms with Gasteiger partial charge in [-0.2, -0.15) is 0 Å². The van der Waals surface area contributed by atoms with Crippen LogP contribution in [0.1, 0.15) is 6.42 Å². The number of hydrogen-bond donors (Lipinski definition) is 2. The highest BCUT2D eigenvalue weighted by molar-refractivity contribution is 5.75. The maximum atomic E-state index is 11.1. The first-order valence-electron chi connectivity index (χ1n) is 6.83. The summed E-state index contributed by atoms with van der Waals surface area (Å²) in [5, 5.41) is 0. The molecule has 1 aliphatic rings. The summed E-state index contributed by atoms with van der Waals surface area (Å²) in [6.45, 7) is 4.63. The molecular weight excluding hydrogens is 256 g/mol. The minimum Gasteiger partial charge on any atom is -0.497 e. The maximum absolute atomic E-state index is 11.1. The first-order valence-corrected chi connectivity index (χ1v) is 6.83. The van der Waals surface area contributed by atoms with E-state index in [1.807, 2.05) is 12.1 Å². The summed E-state index contributed by atoms with van der Waals surface area (Å²) in [6, 6.07) is 8.12. The lowest BCUT2D eigenvalue weighted by Gasteiger charge is -2.36. The van der Waals surface area contributed by atoms with Gasteiger partial charge in [0.2, 0.25) is 5.91 Å². The molecule has 1 heterocycles. The summed E-state index contributed by atoms with van der Waals surface area (Å²) < 4.78 is 5.16. The van der Waals surface area contributed by atoms with Crippen LogP contribution in [0.25, 0.3) is 0 Å². The van der Waals surface area contributed by atoms with E-state index in [1.54, 1.807) is 7.11 Å². The second kappa shape index (κ2) is 7.12. The van der Waals surface area contributed by atoms with E-state index in [4.69, 9.17) is 10.6 Å². The van der Waals surface area contributed by atoms with Gasteiger partial charge in [-0.15, -0.1) is 0 Å². The molecule has 2 rings (SSSR count). The van der Waals surface area contributed by atoms with Gasteiger partial charge in [0, 0.05) is 44.8 Å². The van der Waals surface area contributed by atoms with E-state index in [-0.39, 0.29) is 5.91 Å². The first kappa shape index (κ1) is 14.6. The van der Waals surface area contributed by atoms with Crippen molar-refractivity contribution in [3.63, 3.8) is 0 Å². The summed E-state index contributed by atoms with van der Waals surface area (Å²) >= 11 is 0. The molecule has 1 aromatic carbocycles. The molecule has 0 saturated carbocycles. The van der Waals surface area contributed by atoms with Crippen LogP contribution in [0.4, 0.5) is 5.69 Å². The molecule has 0 spiro atoms. The Balaban J connectivity index is 1.79. The van der Waals surface area contributed by atoms with Crippen LogP contribution in [0.5, 0.6) is 5.75 Å². The fourth-order valence-corrected chi connectivity index (χ4v) is 2.35. The summed E-state index contributed by atoms with van der Waals surface area (Å²) in [5.41, 5.74) is 3.38. The summed E-state index contributed by atoms with van der Waals surface area (Å²) in [5.74, 6) is 5.84. The van der Waals surface area contributed by atoms with Crippen LogP contribution in [0.3, 0.4) is 0 Å². The third kappa shape index (κ3) is 3.85. The molecule has 0 unspecified atom stereocenters. The van der Waals surface area contributed by atoms with E-state index >= 15 is 0 Å². The Bertz CT molecular complexity index is 427. The van der Waals surface area contributed by atoms with Crippen LogP contribution in [0.15, 0.2) is 24.3 Å². The summed E-state index contributed by atoms with van der Waals surface area (Å²) in [7, 11) is 1.67. The summed E-state index contributed by atoms with van der Waals surface area (Å²) in [4.78, 5) is 15.7. The Morgan fingerprint density at radius 3 is 2.45 bits per heavy atom. The van der Waals surface area contributed by atoms with E-state index in [9.17, 15) is 4.79 Å². The van der Waals surface area contributed by atoms with Crippen molar-refractivity contribution in [1.82, 2.24) is 10.3 Å². The predicted octanol–water partition coefficient (Wildman–Crippen LogP) is 0.197.